The normalized spacial score (nSPS) is 14.8. The van der Waals surface area contributed by atoms with Gasteiger partial charge in [-0.25, -0.2) is 0 Å². The summed E-state index contributed by atoms with van der Waals surface area (Å²) >= 11 is 0. The number of hydrogen-bond donors (Lipinski definition) is 1. The quantitative estimate of drug-likeness (QED) is 0.814. The molecule has 1 rings (SSSR count). The predicted molar refractivity (Wildman–Crippen MR) is 53.9 cm³/mol. The Bertz CT molecular complexity index is 386. The number of likely N-dealkylation sites (N-methyl/N-ethyl adjacent to an activating group) is 1. The van der Waals surface area contributed by atoms with E-state index in [4.69, 9.17) is 0 Å². The van der Waals surface area contributed by atoms with Crippen LogP contribution in [0, 0.1) is 0 Å². The number of hydrogen-bond acceptors (Lipinski definition) is 1. The molecule has 6 heteroatoms. The molecule has 1 unspecified atom stereocenters. The summed E-state index contributed by atoms with van der Waals surface area (Å²) in [4.78, 5) is 0. The SMILES string of the molecule is CNC(C)C(F)(F)c1cccc(C(F)(F)F)c1. The van der Waals surface area contributed by atoms with E-state index < -0.39 is 29.3 Å². The first kappa shape index (κ1) is 13.9. The highest BCUT2D eigenvalue weighted by Crippen LogP contribution is 2.36. The largest absolute Gasteiger partial charge is 0.416 e. The Balaban J connectivity index is 3.16. The molecule has 0 amide bonds. The number of rotatable bonds is 3. The number of benzene rings is 1. The van der Waals surface area contributed by atoms with Crippen molar-refractivity contribution in [3.8, 4) is 0 Å². The summed E-state index contributed by atoms with van der Waals surface area (Å²) in [6, 6.07) is 1.97. The molecule has 0 aliphatic carbocycles. The van der Waals surface area contributed by atoms with Crippen LogP contribution in [0.15, 0.2) is 24.3 Å². The molecule has 0 bridgehead atoms. The first-order valence-electron chi connectivity index (χ1n) is 4.92. The van der Waals surface area contributed by atoms with Gasteiger partial charge in [-0.2, -0.15) is 22.0 Å². The molecule has 0 saturated carbocycles. The van der Waals surface area contributed by atoms with Crippen LogP contribution in [0.5, 0.6) is 0 Å². The molecule has 1 atom stereocenters. The van der Waals surface area contributed by atoms with Gasteiger partial charge in [0.2, 0.25) is 0 Å². The van der Waals surface area contributed by atoms with Crippen molar-refractivity contribution in [3.63, 3.8) is 0 Å². The lowest BCUT2D eigenvalue weighted by Crippen LogP contribution is -2.38. The van der Waals surface area contributed by atoms with Gasteiger partial charge in [0.25, 0.3) is 5.92 Å². The fraction of sp³-hybridized carbons (Fsp3) is 0.455. The molecule has 1 aromatic carbocycles. The van der Waals surface area contributed by atoms with E-state index in [-0.39, 0.29) is 0 Å². The standard InChI is InChI=1S/C11H12F5N/c1-7(17-2)10(12,13)8-4-3-5-9(6-8)11(14,15)16/h3-7,17H,1-2H3. The molecule has 1 nitrogen and oxygen atoms in total. The summed E-state index contributed by atoms with van der Waals surface area (Å²) in [6.45, 7) is 1.21. The van der Waals surface area contributed by atoms with Crippen LogP contribution in [0.2, 0.25) is 0 Å². The average molecular weight is 253 g/mol. The fourth-order valence-electron chi connectivity index (χ4n) is 1.33. The van der Waals surface area contributed by atoms with Gasteiger partial charge >= 0.3 is 6.18 Å². The molecule has 0 fully saturated rings. The minimum atomic E-state index is -4.62. The van der Waals surface area contributed by atoms with Crippen LogP contribution < -0.4 is 5.32 Å². The Morgan fingerprint density at radius 2 is 1.59 bits per heavy atom. The lowest BCUT2D eigenvalue weighted by atomic mass is 10.00. The van der Waals surface area contributed by atoms with Crippen molar-refractivity contribution < 1.29 is 22.0 Å². The highest BCUT2D eigenvalue weighted by atomic mass is 19.4. The number of alkyl halides is 5. The van der Waals surface area contributed by atoms with Gasteiger partial charge in [-0.3, -0.25) is 0 Å². The number of halogens is 5. The van der Waals surface area contributed by atoms with E-state index in [2.05, 4.69) is 5.32 Å². The maximum Gasteiger partial charge on any atom is 0.416 e. The van der Waals surface area contributed by atoms with Gasteiger partial charge in [-0.1, -0.05) is 12.1 Å². The third-order valence-corrected chi connectivity index (χ3v) is 2.55. The lowest BCUT2D eigenvalue weighted by molar-refractivity contribution is -0.137. The second-order valence-electron chi connectivity index (χ2n) is 3.71. The fourth-order valence-corrected chi connectivity index (χ4v) is 1.33. The zero-order valence-electron chi connectivity index (χ0n) is 9.28. The molecule has 0 saturated heterocycles. The second kappa shape index (κ2) is 4.60. The minimum absolute atomic E-state index is 0.480. The molecule has 17 heavy (non-hydrogen) atoms. The maximum absolute atomic E-state index is 13.7. The molecule has 1 aromatic rings. The number of nitrogens with one attached hydrogen (secondary N) is 1. The van der Waals surface area contributed by atoms with Gasteiger partial charge in [0, 0.05) is 5.56 Å². The lowest BCUT2D eigenvalue weighted by Gasteiger charge is -2.24. The molecule has 0 aliphatic rings. The van der Waals surface area contributed by atoms with Crippen LogP contribution in [-0.2, 0) is 12.1 Å². The average Bonchev–Trinajstić information content (AvgIpc) is 2.27. The Morgan fingerprint density at radius 3 is 2.06 bits per heavy atom. The maximum atomic E-state index is 13.7. The van der Waals surface area contributed by atoms with E-state index in [1.54, 1.807) is 0 Å². The van der Waals surface area contributed by atoms with Gasteiger partial charge in [-0.05, 0) is 26.1 Å². The first-order valence-corrected chi connectivity index (χ1v) is 4.92. The Morgan fingerprint density at radius 1 is 1.06 bits per heavy atom. The van der Waals surface area contributed by atoms with E-state index in [0.29, 0.717) is 6.07 Å². The smallest absolute Gasteiger partial charge is 0.312 e. The van der Waals surface area contributed by atoms with Crippen molar-refractivity contribution in [3.05, 3.63) is 35.4 Å². The third-order valence-electron chi connectivity index (χ3n) is 2.55. The Kier molecular flexibility index (Phi) is 3.76. The zero-order chi connectivity index (χ0) is 13.3. The van der Waals surface area contributed by atoms with E-state index >= 15 is 0 Å². The Hall–Kier alpha value is -1.17. The molecular formula is C11H12F5N. The minimum Gasteiger partial charge on any atom is -0.312 e. The first-order chi connectivity index (χ1) is 7.69. The monoisotopic (exact) mass is 253 g/mol. The predicted octanol–water partition coefficient (Wildman–Crippen LogP) is 3.41. The molecule has 0 aromatic heterocycles. The van der Waals surface area contributed by atoms with Crippen LogP contribution >= 0.6 is 0 Å². The van der Waals surface area contributed by atoms with E-state index in [0.717, 1.165) is 18.2 Å². The summed E-state index contributed by atoms with van der Waals surface area (Å²) < 4.78 is 64.5. The zero-order valence-corrected chi connectivity index (χ0v) is 9.28. The van der Waals surface area contributed by atoms with Crippen LogP contribution in [0.4, 0.5) is 22.0 Å². The van der Waals surface area contributed by atoms with Crippen molar-refractivity contribution in [1.29, 1.82) is 0 Å². The summed E-state index contributed by atoms with van der Waals surface area (Å²) in [6.07, 6.45) is -4.62. The van der Waals surface area contributed by atoms with Crippen molar-refractivity contribution in [2.45, 2.75) is 25.1 Å². The highest BCUT2D eigenvalue weighted by molar-refractivity contribution is 5.29. The van der Waals surface area contributed by atoms with E-state index in [1.165, 1.54) is 14.0 Å². The van der Waals surface area contributed by atoms with Crippen molar-refractivity contribution in [2.75, 3.05) is 7.05 Å². The summed E-state index contributed by atoms with van der Waals surface area (Å²) in [5.74, 6) is -3.35. The van der Waals surface area contributed by atoms with Crippen molar-refractivity contribution in [1.82, 2.24) is 5.32 Å². The van der Waals surface area contributed by atoms with Gasteiger partial charge in [-0.15, -0.1) is 0 Å². The van der Waals surface area contributed by atoms with Crippen LogP contribution in [-0.4, -0.2) is 13.1 Å². The summed E-state index contributed by atoms with van der Waals surface area (Å²) in [5, 5.41) is 2.33. The highest BCUT2D eigenvalue weighted by Gasteiger charge is 2.39. The van der Waals surface area contributed by atoms with Gasteiger partial charge in [0.1, 0.15) is 0 Å². The molecule has 96 valence electrons. The van der Waals surface area contributed by atoms with Gasteiger partial charge < -0.3 is 5.32 Å². The molecule has 0 aliphatic heterocycles. The molecule has 0 radical (unpaired) electrons. The molecular weight excluding hydrogens is 241 g/mol. The van der Waals surface area contributed by atoms with Crippen LogP contribution in [0.3, 0.4) is 0 Å². The van der Waals surface area contributed by atoms with Crippen LogP contribution in [0.25, 0.3) is 0 Å². The molecule has 0 heterocycles. The van der Waals surface area contributed by atoms with E-state index in [9.17, 15) is 22.0 Å². The van der Waals surface area contributed by atoms with Gasteiger partial charge in [0.15, 0.2) is 0 Å². The molecule has 1 N–H and O–H groups in total. The van der Waals surface area contributed by atoms with Crippen molar-refractivity contribution in [2.24, 2.45) is 0 Å². The summed E-state index contributed by atoms with van der Waals surface area (Å²) in [5.41, 5.74) is -1.72. The second-order valence-corrected chi connectivity index (χ2v) is 3.71. The Labute approximate surface area is 95.6 Å². The topological polar surface area (TPSA) is 12.0 Å². The molecule has 0 spiro atoms. The van der Waals surface area contributed by atoms with E-state index in [1.807, 2.05) is 0 Å². The van der Waals surface area contributed by atoms with Gasteiger partial charge in [0.05, 0.1) is 11.6 Å². The third kappa shape index (κ3) is 2.94. The summed E-state index contributed by atoms with van der Waals surface area (Å²) in [7, 11) is 1.33. The van der Waals surface area contributed by atoms with Crippen molar-refractivity contribution >= 4 is 0 Å². The van der Waals surface area contributed by atoms with Crippen LogP contribution in [0.1, 0.15) is 18.1 Å².